The van der Waals surface area contributed by atoms with Crippen molar-refractivity contribution in [1.29, 1.82) is 0 Å². The van der Waals surface area contributed by atoms with Gasteiger partial charge in [0.1, 0.15) is 5.78 Å². The fraction of sp³-hybridized carbons (Fsp3) is 0.917. The summed E-state index contributed by atoms with van der Waals surface area (Å²) in [5.74, 6) is 0.264. The van der Waals surface area contributed by atoms with Crippen molar-refractivity contribution in [3.63, 3.8) is 0 Å². The number of ether oxygens (including phenoxy) is 1. The van der Waals surface area contributed by atoms with Gasteiger partial charge in [-0.15, -0.1) is 0 Å². The second-order valence-corrected chi connectivity index (χ2v) is 4.43. The Kier molecular flexibility index (Phi) is 6.61. The summed E-state index contributed by atoms with van der Waals surface area (Å²) in [6.45, 7) is 11.2. The van der Waals surface area contributed by atoms with Gasteiger partial charge in [-0.05, 0) is 13.3 Å². The number of nitrogens with zero attached hydrogens (tertiary/aromatic N) is 2. The van der Waals surface area contributed by atoms with Crippen molar-refractivity contribution in [2.24, 2.45) is 0 Å². The second kappa shape index (κ2) is 7.76. The molecule has 1 aliphatic heterocycles. The summed E-state index contributed by atoms with van der Waals surface area (Å²) in [6.07, 6.45) is 1.09. The maximum atomic E-state index is 11.0. The highest BCUT2D eigenvalue weighted by molar-refractivity contribution is 5.77. The van der Waals surface area contributed by atoms with Crippen molar-refractivity contribution in [3.8, 4) is 0 Å². The van der Waals surface area contributed by atoms with Crippen molar-refractivity contribution >= 4 is 5.78 Å². The zero-order valence-corrected chi connectivity index (χ0v) is 10.6. The topological polar surface area (TPSA) is 32.8 Å². The van der Waals surface area contributed by atoms with E-state index >= 15 is 0 Å². The molecule has 4 nitrogen and oxygen atoms in total. The molecule has 0 bridgehead atoms. The van der Waals surface area contributed by atoms with Crippen molar-refractivity contribution in [2.75, 3.05) is 52.5 Å². The Balaban J connectivity index is 2.05. The van der Waals surface area contributed by atoms with E-state index in [2.05, 4.69) is 16.7 Å². The van der Waals surface area contributed by atoms with Crippen LogP contribution in [-0.4, -0.2) is 68.1 Å². The lowest BCUT2D eigenvalue weighted by Crippen LogP contribution is -2.48. The number of carbonyl (C=O) groups is 1. The Morgan fingerprint density at radius 3 is 2.31 bits per heavy atom. The molecular formula is C12H24N2O2. The van der Waals surface area contributed by atoms with E-state index < -0.39 is 0 Å². The third-order valence-electron chi connectivity index (χ3n) is 2.81. The highest BCUT2D eigenvalue weighted by Gasteiger charge is 2.16. The predicted molar refractivity (Wildman–Crippen MR) is 64.7 cm³/mol. The number of carbonyl (C=O) groups excluding carboxylic acids is 1. The Morgan fingerprint density at radius 1 is 1.12 bits per heavy atom. The quantitative estimate of drug-likeness (QED) is 0.598. The molecule has 4 heteroatoms. The van der Waals surface area contributed by atoms with Gasteiger partial charge >= 0.3 is 0 Å². The molecule has 1 saturated heterocycles. The normalized spacial score (nSPS) is 18.9. The summed E-state index contributed by atoms with van der Waals surface area (Å²) in [6, 6.07) is 0. The van der Waals surface area contributed by atoms with Gasteiger partial charge in [-0.1, -0.05) is 6.92 Å². The van der Waals surface area contributed by atoms with Crippen LogP contribution >= 0.6 is 0 Å². The molecule has 0 spiro atoms. The standard InChI is InChI=1S/C12H24N2O2/c1-3-9-16-10-8-13-4-6-14(7-5-13)11-12(2)15/h3-11H2,1-2H3. The van der Waals surface area contributed by atoms with Gasteiger partial charge in [-0.25, -0.2) is 0 Å². The summed E-state index contributed by atoms with van der Waals surface area (Å²) in [4.78, 5) is 15.6. The molecule has 0 atom stereocenters. The van der Waals surface area contributed by atoms with Crippen LogP contribution in [0.15, 0.2) is 0 Å². The fourth-order valence-corrected chi connectivity index (χ4v) is 1.93. The van der Waals surface area contributed by atoms with Crippen LogP contribution in [0.3, 0.4) is 0 Å². The molecule has 0 aromatic rings. The zero-order valence-electron chi connectivity index (χ0n) is 10.6. The van der Waals surface area contributed by atoms with Gasteiger partial charge < -0.3 is 4.74 Å². The van der Waals surface area contributed by atoms with Gasteiger partial charge in [-0.2, -0.15) is 0 Å². The first kappa shape index (κ1) is 13.6. The molecular weight excluding hydrogens is 204 g/mol. The first-order valence-electron chi connectivity index (χ1n) is 6.24. The molecule has 1 aliphatic rings. The molecule has 0 saturated carbocycles. The molecule has 1 heterocycles. The number of rotatable bonds is 7. The van der Waals surface area contributed by atoms with Gasteiger partial charge in [-0.3, -0.25) is 14.6 Å². The van der Waals surface area contributed by atoms with Crippen LogP contribution < -0.4 is 0 Å². The Labute approximate surface area is 98.5 Å². The Bertz CT molecular complexity index is 201. The predicted octanol–water partition coefficient (Wildman–Crippen LogP) is 0.620. The van der Waals surface area contributed by atoms with Gasteiger partial charge in [0, 0.05) is 39.3 Å². The average molecular weight is 228 g/mol. The van der Waals surface area contributed by atoms with E-state index in [9.17, 15) is 4.79 Å². The number of hydrogen-bond acceptors (Lipinski definition) is 4. The van der Waals surface area contributed by atoms with Crippen LogP contribution in [0.4, 0.5) is 0 Å². The lowest BCUT2D eigenvalue weighted by Gasteiger charge is -2.33. The molecule has 0 amide bonds. The summed E-state index contributed by atoms with van der Waals surface area (Å²) in [5.41, 5.74) is 0. The van der Waals surface area contributed by atoms with Crippen LogP contribution in [0.5, 0.6) is 0 Å². The van der Waals surface area contributed by atoms with Crippen LogP contribution in [0, 0.1) is 0 Å². The minimum Gasteiger partial charge on any atom is -0.380 e. The van der Waals surface area contributed by atoms with E-state index in [4.69, 9.17) is 4.74 Å². The van der Waals surface area contributed by atoms with Crippen LogP contribution in [0.1, 0.15) is 20.3 Å². The van der Waals surface area contributed by atoms with Crippen molar-refractivity contribution in [2.45, 2.75) is 20.3 Å². The van der Waals surface area contributed by atoms with Crippen LogP contribution in [0.2, 0.25) is 0 Å². The largest absolute Gasteiger partial charge is 0.380 e. The molecule has 0 unspecified atom stereocenters. The molecule has 0 N–H and O–H groups in total. The second-order valence-electron chi connectivity index (χ2n) is 4.43. The smallest absolute Gasteiger partial charge is 0.143 e. The summed E-state index contributed by atoms with van der Waals surface area (Å²) in [5, 5.41) is 0. The average Bonchev–Trinajstić information content (AvgIpc) is 2.26. The van der Waals surface area contributed by atoms with E-state index in [0.29, 0.717) is 6.54 Å². The molecule has 1 rings (SSSR count). The monoisotopic (exact) mass is 228 g/mol. The van der Waals surface area contributed by atoms with Crippen molar-refractivity contribution in [1.82, 2.24) is 9.80 Å². The summed E-state index contributed by atoms with van der Waals surface area (Å²) in [7, 11) is 0. The van der Waals surface area contributed by atoms with E-state index in [1.165, 1.54) is 0 Å². The molecule has 0 radical (unpaired) electrons. The summed E-state index contributed by atoms with van der Waals surface area (Å²) < 4.78 is 5.47. The molecule has 94 valence electrons. The number of hydrogen-bond donors (Lipinski definition) is 0. The molecule has 0 aliphatic carbocycles. The van der Waals surface area contributed by atoms with E-state index in [1.54, 1.807) is 6.92 Å². The highest BCUT2D eigenvalue weighted by Crippen LogP contribution is 2.01. The molecule has 0 aromatic carbocycles. The first-order chi connectivity index (χ1) is 7.72. The molecule has 0 aromatic heterocycles. The van der Waals surface area contributed by atoms with Gasteiger partial charge in [0.15, 0.2) is 0 Å². The first-order valence-corrected chi connectivity index (χ1v) is 6.24. The molecule has 1 fully saturated rings. The minimum absolute atomic E-state index is 0.264. The van der Waals surface area contributed by atoms with Crippen molar-refractivity contribution < 1.29 is 9.53 Å². The van der Waals surface area contributed by atoms with E-state index in [-0.39, 0.29) is 5.78 Å². The van der Waals surface area contributed by atoms with E-state index in [0.717, 1.165) is 52.4 Å². The number of Topliss-reactive ketones (excluding diaryl/α,β-unsaturated/α-hetero) is 1. The highest BCUT2D eigenvalue weighted by atomic mass is 16.5. The SMILES string of the molecule is CCCOCCN1CCN(CC(C)=O)CC1. The maximum Gasteiger partial charge on any atom is 0.143 e. The Morgan fingerprint density at radius 2 is 1.75 bits per heavy atom. The Hall–Kier alpha value is -0.450. The van der Waals surface area contributed by atoms with Crippen LogP contribution in [0.25, 0.3) is 0 Å². The third kappa shape index (κ3) is 5.58. The lowest BCUT2D eigenvalue weighted by molar-refractivity contribution is -0.118. The maximum absolute atomic E-state index is 11.0. The lowest BCUT2D eigenvalue weighted by atomic mass is 10.3. The van der Waals surface area contributed by atoms with Gasteiger partial charge in [0.25, 0.3) is 0 Å². The van der Waals surface area contributed by atoms with Crippen LogP contribution in [-0.2, 0) is 9.53 Å². The van der Waals surface area contributed by atoms with E-state index in [1.807, 2.05) is 0 Å². The minimum atomic E-state index is 0.264. The zero-order chi connectivity index (χ0) is 11.8. The van der Waals surface area contributed by atoms with Crippen molar-refractivity contribution in [3.05, 3.63) is 0 Å². The number of piperazine rings is 1. The number of ketones is 1. The molecule has 16 heavy (non-hydrogen) atoms. The summed E-state index contributed by atoms with van der Waals surface area (Å²) >= 11 is 0. The third-order valence-corrected chi connectivity index (χ3v) is 2.81. The van der Waals surface area contributed by atoms with Gasteiger partial charge in [0.05, 0.1) is 13.2 Å². The fourth-order valence-electron chi connectivity index (χ4n) is 1.93. The van der Waals surface area contributed by atoms with Gasteiger partial charge in [0.2, 0.25) is 0 Å².